The zero-order valence-electron chi connectivity index (χ0n) is 10.5. The van der Waals surface area contributed by atoms with Gasteiger partial charge in [0.1, 0.15) is 22.8 Å². The van der Waals surface area contributed by atoms with Gasteiger partial charge in [-0.3, -0.25) is 0 Å². The standard InChI is InChI=1S/C14H8ClFN2O2S/c15-12-6-5-11(21-12)13-8(14(19)20)7-18(17-13)10-4-2-1-3-9(10)16/h1-7H,(H,19,20). The molecule has 0 saturated carbocycles. The van der Waals surface area contributed by atoms with Gasteiger partial charge in [0.25, 0.3) is 0 Å². The fourth-order valence-electron chi connectivity index (χ4n) is 1.91. The topological polar surface area (TPSA) is 55.1 Å². The summed E-state index contributed by atoms with van der Waals surface area (Å²) in [5.74, 6) is -1.61. The maximum atomic E-state index is 13.8. The molecule has 7 heteroatoms. The van der Waals surface area contributed by atoms with Gasteiger partial charge in [-0.25, -0.2) is 13.9 Å². The van der Waals surface area contributed by atoms with E-state index >= 15 is 0 Å². The monoisotopic (exact) mass is 322 g/mol. The van der Waals surface area contributed by atoms with Gasteiger partial charge < -0.3 is 5.11 Å². The molecule has 0 unspecified atom stereocenters. The van der Waals surface area contributed by atoms with Crippen molar-refractivity contribution in [3.8, 4) is 16.3 Å². The van der Waals surface area contributed by atoms with Crippen LogP contribution in [0.15, 0.2) is 42.6 Å². The van der Waals surface area contributed by atoms with Gasteiger partial charge >= 0.3 is 5.97 Å². The predicted molar refractivity (Wildman–Crippen MR) is 78.8 cm³/mol. The third kappa shape index (κ3) is 2.55. The van der Waals surface area contributed by atoms with Crippen molar-refractivity contribution in [1.29, 1.82) is 0 Å². The zero-order chi connectivity index (χ0) is 15.0. The Hall–Kier alpha value is -2.18. The SMILES string of the molecule is O=C(O)c1cn(-c2ccccc2F)nc1-c1ccc(Cl)s1. The van der Waals surface area contributed by atoms with Gasteiger partial charge in [0.05, 0.1) is 9.21 Å². The Morgan fingerprint density at radius 3 is 2.67 bits per heavy atom. The average molecular weight is 323 g/mol. The van der Waals surface area contributed by atoms with Crippen LogP contribution in [-0.4, -0.2) is 20.9 Å². The summed E-state index contributed by atoms with van der Waals surface area (Å²) < 4.78 is 15.6. The highest BCUT2D eigenvalue weighted by Gasteiger charge is 2.20. The molecule has 1 N–H and O–H groups in total. The number of nitrogens with zero attached hydrogens (tertiary/aromatic N) is 2. The molecule has 0 aliphatic carbocycles. The molecule has 0 fully saturated rings. The summed E-state index contributed by atoms with van der Waals surface area (Å²) >= 11 is 7.09. The van der Waals surface area contributed by atoms with Crippen LogP contribution in [0, 0.1) is 5.82 Å². The Kier molecular flexibility index (Phi) is 3.48. The fraction of sp³-hybridized carbons (Fsp3) is 0. The van der Waals surface area contributed by atoms with Crippen molar-refractivity contribution < 1.29 is 14.3 Å². The number of aromatic nitrogens is 2. The Morgan fingerprint density at radius 2 is 2.05 bits per heavy atom. The third-order valence-electron chi connectivity index (χ3n) is 2.85. The van der Waals surface area contributed by atoms with Crippen LogP contribution < -0.4 is 0 Å². The molecule has 0 spiro atoms. The highest BCUT2D eigenvalue weighted by molar-refractivity contribution is 7.19. The van der Waals surface area contributed by atoms with Crippen molar-refractivity contribution in [3.63, 3.8) is 0 Å². The highest BCUT2D eigenvalue weighted by Crippen LogP contribution is 2.32. The number of para-hydroxylation sites is 1. The predicted octanol–water partition coefficient (Wildman–Crippen LogP) is 4.09. The van der Waals surface area contributed by atoms with Crippen molar-refractivity contribution >= 4 is 28.9 Å². The van der Waals surface area contributed by atoms with Gasteiger partial charge in [-0.15, -0.1) is 11.3 Å². The van der Waals surface area contributed by atoms with Crippen LogP contribution in [0.3, 0.4) is 0 Å². The van der Waals surface area contributed by atoms with Crippen molar-refractivity contribution in [2.45, 2.75) is 0 Å². The first-order valence-electron chi connectivity index (χ1n) is 5.90. The Bertz CT molecular complexity index is 828. The Morgan fingerprint density at radius 1 is 1.29 bits per heavy atom. The number of hydrogen-bond donors (Lipinski definition) is 1. The normalized spacial score (nSPS) is 10.8. The van der Waals surface area contributed by atoms with Gasteiger partial charge in [-0.05, 0) is 24.3 Å². The fourth-order valence-corrected chi connectivity index (χ4v) is 2.96. The van der Waals surface area contributed by atoms with E-state index in [9.17, 15) is 14.3 Å². The lowest BCUT2D eigenvalue weighted by atomic mass is 10.2. The van der Waals surface area contributed by atoms with Crippen molar-refractivity contribution in [1.82, 2.24) is 9.78 Å². The van der Waals surface area contributed by atoms with Crippen LogP contribution in [0.2, 0.25) is 4.34 Å². The summed E-state index contributed by atoms with van der Waals surface area (Å²) in [5.41, 5.74) is 0.452. The summed E-state index contributed by atoms with van der Waals surface area (Å²) in [7, 11) is 0. The van der Waals surface area contributed by atoms with E-state index in [4.69, 9.17) is 11.6 Å². The lowest BCUT2D eigenvalue weighted by molar-refractivity contribution is 0.0697. The van der Waals surface area contributed by atoms with E-state index in [0.29, 0.717) is 9.21 Å². The summed E-state index contributed by atoms with van der Waals surface area (Å²) in [6.07, 6.45) is 1.30. The number of halogens is 2. The second kappa shape index (κ2) is 5.31. The Balaban J connectivity index is 2.18. The van der Waals surface area contributed by atoms with Crippen molar-refractivity contribution in [3.05, 3.63) is 58.3 Å². The summed E-state index contributed by atoms with van der Waals surface area (Å²) in [4.78, 5) is 12.0. The van der Waals surface area contributed by atoms with Gasteiger partial charge in [0, 0.05) is 6.20 Å². The molecule has 3 aromatic rings. The zero-order valence-corrected chi connectivity index (χ0v) is 12.0. The molecule has 4 nitrogen and oxygen atoms in total. The van der Waals surface area contributed by atoms with Crippen LogP contribution in [0.4, 0.5) is 4.39 Å². The number of hydrogen-bond acceptors (Lipinski definition) is 3. The molecule has 0 aliphatic rings. The first kappa shape index (κ1) is 13.8. The lowest BCUT2D eigenvalue weighted by Gasteiger charge is -2.01. The van der Waals surface area contributed by atoms with Crippen molar-refractivity contribution in [2.75, 3.05) is 0 Å². The molecule has 0 saturated heterocycles. The smallest absolute Gasteiger partial charge is 0.339 e. The molecule has 2 aromatic heterocycles. The molecule has 0 aliphatic heterocycles. The van der Waals surface area contributed by atoms with E-state index in [2.05, 4.69) is 5.10 Å². The number of rotatable bonds is 3. The third-order valence-corrected chi connectivity index (χ3v) is 4.09. The van der Waals surface area contributed by atoms with E-state index in [1.54, 1.807) is 24.3 Å². The summed E-state index contributed by atoms with van der Waals surface area (Å²) in [6, 6.07) is 9.38. The molecule has 0 amide bonds. The molecule has 0 atom stereocenters. The number of carboxylic acids is 1. The molecule has 1 aromatic carbocycles. The largest absolute Gasteiger partial charge is 0.478 e. The lowest BCUT2D eigenvalue weighted by Crippen LogP contribution is -1.98. The number of benzene rings is 1. The first-order chi connectivity index (χ1) is 10.1. The van der Waals surface area contributed by atoms with Crippen LogP contribution in [0.1, 0.15) is 10.4 Å². The molecule has 106 valence electrons. The van der Waals surface area contributed by atoms with Gasteiger partial charge in [0.15, 0.2) is 0 Å². The molecular weight excluding hydrogens is 315 g/mol. The molecule has 21 heavy (non-hydrogen) atoms. The van der Waals surface area contributed by atoms with E-state index in [1.165, 1.54) is 34.3 Å². The van der Waals surface area contributed by atoms with Crippen LogP contribution in [-0.2, 0) is 0 Å². The summed E-state index contributed by atoms with van der Waals surface area (Å²) in [6.45, 7) is 0. The van der Waals surface area contributed by atoms with E-state index in [0.717, 1.165) is 0 Å². The number of thiophene rings is 1. The maximum Gasteiger partial charge on any atom is 0.339 e. The number of aromatic carboxylic acids is 1. The van der Waals surface area contributed by atoms with Gasteiger partial charge in [-0.1, -0.05) is 23.7 Å². The first-order valence-corrected chi connectivity index (χ1v) is 7.09. The van der Waals surface area contributed by atoms with Gasteiger partial charge in [0.2, 0.25) is 0 Å². The Labute approximate surface area is 128 Å². The molecule has 3 rings (SSSR count). The van der Waals surface area contributed by atoms with Crippen molar-refractivity contribution in [2.24, 2.45) is 0 Å². The minimum absolute atomic E-state index is 0.00299. The van der Waals surface area contributed by atoms with Crippen LogP contribution >= 0.6 is 22.9 Å². The van der Waals surface area contributed by atoms with Gasteiger partial charge in [-0.2, -0.15) is 5.10 Å². The maximum absolute atomic E-state index is 13.8. The molecular formula is C14H8ClFN2O2S. The minimum Gasteiger partial charge on any atom is -0.478 e. The van der Waals surface area contributed by atoms with E-state index in [1.807, 2.05) is 0 Å². The van der Waals surface area contributed by atoms with Crippen LogP contribution in [0.5, 0.6) is 0 Å². The van der Waals surface area contributed by atoms with E-state index < -0.39 is 11.8 Å². The quantitative estimate of drug-likeness (QED) is 0.790. The second-order valence-corrected chi connectivity index (χ2v) is 5.91. The summed E-state index contributed by atoms with van der Waals surface area (Å²) in [5, 5.41) is 13.5. The molecule has 0 bridgehead atoms. The molecule has 2 heterocycles. The number of carbonyl (C=O) groups is 1. The number of carboxylic acid groups (broad SMARTS) is 1. The minimum atomic E-state index is -1.13. The highest BCUT2D eigenvalue weighted by atomic mass is 35.5. The average Bonchev–Trinajstić information content (AvgIpc) is 3.05. The van der Waals surface area contributed by atoms with E-state index in [-0.39, 0.29) is 16.9 Å². The van der Waals surface area contributed by atoms with Crippen LogP contribution in [0.25, 0.3) is 16.3 Å². The second-order valence-electron chi connectivity index (χ2n) is 4.20. The molecule has 0 radical (unpaired) electrons.